The van der Waals surface area contributed by atoms with Crippen LogP contribution in [0.5, 0.6) is 0 Å². The van der Waals surface area contributed by atoms with Crippen molar-refractivity contribution in [1.82, 2.24) is 0 Å². The molecule has 0 saturated carbocycles. The van der Waals surface area contributed by atoms with Crippen LogP contribution in [0.4, 0.5) is 0 Å². The molecule has 1 aromatic rings. The van der Waals surface area contributed by atoms with E-state index in [1.807, 2.05) is 36.4 Å². The monoisotopic (exact) mass is 572 g/mol. The fourth-order valence-corrected chi connectivity index (χ4v) is 0.385. The van der Waals surface area contributed by atoms with E-state index in [0.29, 0.717) is 0 Å². The van der Waals surface area contributed by atoms with Crippen LogP contribution in [0.3, 0.4) is 0 Å². The Morgan fingerprint density at radius 3 is 0.786 bits per heavy atom. The SMILES string of the molecule is O=P([O-])([O-])[O-].[Cs+].[Cs+].[Cs+].c1ccccc1. The van der Waals surface area contributed by atoms with Gasteiger partial charge in [-0.2, -0.15) is 7.82 Å². The summed E-state index contributed by atoms with van der Waals surface area (Å²) in [7, 11) is -5.39. The fraction of sp³-hybridized carbons (Fsp3) is 0. The van der Waals surface area contributed by atoms with Crippen LogP contribution in [0.1, 0.15) is 0 Å². The van der Waals surface area contributed by atoms with Gasteiger partial charge in [0.1, 0.15) is 0 Å². The summed E-state index contributed by atoms with van der Waals surface area (Å²) in [5.41, 5.74) is 0. The van der Waals surface area contributed by atoms with E-state index in [1.54, 1.807) is 0 Å². The van der Waals surface area contributed by atoms with Crippen molar-refractivity contribution in [1.29, 1.82) is 0 Å². The molecule has 0 spiro atoms. The van der Waals surface area contributed by atoms with Gasteiger partial charge in [-0.05, 0) is 0 Å². The van der Waals surface area contributed by atoms with Gasteiger partial charge in [-0.25, -0.2) is 0 Å². The third-order valence-corrected chi connectivity index (χ3v) is 0.667. The number of phosphoric acid groups is 1. The van der Waals surface area contributed by atoms with Gasteiger partial charge >= 0.3 is 207 Å². The van der Waals surface area contributed by atoms with E-state index in [1.165, 1.54) is 0 Å². The molecule has 0 aromatic heterocycles. The number of hydrogen-bond donors (Lipinski definition) is 0. The molecular formula is C6H6Cs3O4P. The van der Waals surface area contributed by atoms with E-state index < -0.39 is 7.82 Å². The topological polar surface area (TPSA) is 86.2 Å². The molecule has 0 N–H and O–H groups in total. The summed E-state index contributed by atoms with van der Waals surface area (Å²) in [6.45, 7) is 0. The Labute approximate surface area is 260 Å². The molecule has 62 valence electrons. The average Bonchev–Trinajstić information content (AvgIpc) is 1.88. The first-order valence-corrected chi connectivity index (χ1v) is 4.19. The maximum atomic E-state index is 8.55. The zero-order valence-electron chi connectivity index (χ0n) is 8.54. The quantitative estimate of drug-likeness (QED) is 0.290. The summed E-state index contributed by atoms with van der Waals surface area (Å²) in [6, 6.07) is 12.0. The molecule has 0 aliphatic carbocycles. The minimum atomic E-state index is -5.39. The van der Waals surface area contributed by atoms with Crippen molar-refractivity contribution in [2.75, 3.05) is 0 Å². The van der Waals surface area contributed by atoms with Gasteiger partial charge in [-0.1, -0.05) is 36.4 Å². The molecule has 0 heterocycles. The molecule has 1 aromatic carbocycles. The smallest absolute Gasteiger partial charge is 0.822 e. The van der Waals surface area contributed by atoms with Crippen LogP contribution in [0, 0.1) is 0 Å². The van der Waals surface area contributed by atoms with Crippen LogP contribution < -0.4 is 221 Å². The Morgan fingerprint density at radius 1 is 0.643 bits per heavy atom. The van der Waals surface area contributed by atoms with Crippen molar-refractivity contribution in [2.45, 2.75) is 0 Å². The van der Waals surface area contributed by atoms with E-state index in [4.69, 9.17) is 19.2 Å². The molecule has 1 rings (SSSR count). The van der Waals surface area contributed by atoms with Gasteiger partial charge in [0, 0.05) is 0 Å². The van der Waals surface area contributed by atoms with Crippen LogP contribution in [0.25, 0.3) is 0 Å². The van der Waals surface area contributed by atoms with Gasteiger partial charge in [-0.15, -0.1) is 0 Å². The molecule has 8 heteroatoms. The van der Waals surface area contributed by atoms with Crippen LogP contribution >= 0.6 is 7.82 Å². The van der Waals surface area contributed by atoms with Crippen molar-refractivity contribution in [3.05, 3.63) is 36.4 Å². The summed E-state index contributed by atoms with van der Waals surface area (Å²) < 4.78 is 8.55. The van der Waals surface area contributed by atoms with Gasteiger partial charge in [0.15, 0.2) is 0 Å². The zero-order chi connectivity index (χ0) is 8.74. The minimum absolute atomic E-state index is 0. The number of rotatable bonds is 0. The standard InChI is InChI=1S/C6H6.3Cs.H3O4P/c1-2-4-6-5-3-1;;;;1-5(2,3)4/h1-6H;;;;(H3,1,2,3,4)/q;3*+1;/p-3. The van der Waals surface area contributed by atoms with E-state index in [-0.39, 0.29) is 207 Å². The third kappa shape index (κ3) is 36.0. The number of benzene rings is 1. The first kappa shape index (κ1) is 27.8. The molecule has 14 heavy (non-hydrogen) atoms. The molecule has 0 fully saturated rings. The maximum Gasteiger partial charge on any atom is 1.00 e. The second-order valence-electron chi connectivity index (χ2n) is 1.60. The molecule has 0 aliphatic rings. The summed E-state index contributed by atoms with van der Waals surface area (Å²) in [5.74, 6) is 0. The van der Waals surface area contributed by atoms with Crippen molar-refractivity contribution in [2.24, 2.45) is 0 Å². The third-order valence-electron chi connectivity index (χ3n) is 0.667. The van der Waals surface area contributed by atoms with Gasteiger partial charge < -0.3 is 19.2 Å². The van der Waals surface area contributed by atoms with Gasteiger partial charge in [0.2, 0.25) is 0 Å². The van der Waals surface area contributed by atoms with Crippen LogP contribution in [0.15, 0.2) is 36.4 Å². The largest absolute Gasteiger partial charge is 1.00 e. The van der Waals surface area contributed by atoms with E-state index in [2.05, 4.69) is 0 Å². The Bertz CT molecular complexity index is 193. The molecule has 0 saturated heterocycles. The normalized spacial score (nSPS) is 7.64. The molecule has 0 amide bonds. The molecule has 0 aliphatic heterocycles. The average molecular weight is 572 g/mol. The predicted octanol–water partition coefficient (Wildman–Crippen LogP) is -10.1. The molecule has 0 radical (unpaired) electrons. The molecule has 4 nitrogen and oxygen atoms in total. The van der Waals surface area contributed by atoms with Crippen LogP contribution in [-0.4, -0.2) is 0 Å². The zero-order valence-corrected chi connectivity index (χ0v) is 28.3. The van der Waals surface area contributed by atoms with Gasteiger partial charge in [0.05, 0.1) is 0 Å². The summed E-state index contributed by atoms with van der Waals surface area (Å²) >= 11 is 0. The maximum absolute atomic E-state index is 8.55. The Morgan fingerprint density at radius 2 is 0.714 bits per heavy atom. The first-order chi connectivity index (χ1) is 5.00. The summed E-state index contributed by atoms with van der Waals surface area (Å²) in [4.78, 5) is 25.6. The van der Waals surface area contributed by atoms with E-state index in [9.17, 15) is 0 Å². The number of hydrogen-bond acceptors (Lipinski definition) is 4. The molecule has 0 atom stereocenters. The van der Waals surface area contributed by atoms with Crippen molar-refractivity contribution in [3.63, 3.8) is 0 Å². The van der Waals surface area contributed by atoms with E-state index >= 15 is 0 Å². The fourth-order valence-electron chi connectivity index (χ4n) is 0.385. The summed E-state index contributed by atoms with van der Waals surface area (Å²) in [6.07, 6.45) is 0. The van der Waals surface area contributed by atoms with Crippen LogP contribution in [-0.2, 0) is 4.57 Å². The minimum Gasteiger partial charge on any atom is -0.822 e. The predicted molar refractivity (Wildman–Crippen MR) is 34.0 cm³/mol. The Kier molecular flexibility index (Phi) is 36.7. The molecule has 0 bridgehead atoms. The van der Waals surface area contributed by atoms with E-state index in [0.717, 1.165) is 0 Å². The van der Waals surface area contributed by atoms with Crippen molar-refractivity contribution >= 4 is 7.82 Å². The van der Waals surface area contributed by atoms with Crippen molar-refractivity contribution in [3.8, 4) is 0 Å². The second-order valence-corrected chi connectivity index (χ2v) is 2.50. The molecular weight excluding hydrogens is 566 g/mol. The van der Waals surface area contributed by atoms with Crippen molar-refractivity contribution < 1.29 is 226 Å². The Balaban J connectivity index is -0.0000000597. The molecule has 0 unspecified atom stereocenters. The summed E-state index contributed by atoms with van der Waals surface area (Å²) in [5, 5.41) is 0. The Hall–Kier alpha value is 5.49. The van der Waals surface area contributed by atoms with Crippen LogP contribution in [0.2, 0.25) is 0 Å². The first-order valence-electron chi connectivity index (χ1n) is 2.73. The van der Waals surface area contributed by atoms with Gasteiger partial charge in [-0.3, -0.25) is 0 Å². The van der Waals surface area contributed by atoms with Gasteiger partial charge in [0.25, 0.3) is 0 Å². The second kappa shape index (κ2) is 18.5.